The standard InChI is InChI=1S/C21H22N2O4/c1-27-21(26)17-8-9-22-18(13-17)19(24)12-15-5-4-6-16(11-15)14-23-10-3-2-7-20(23)25/h2-4,6-10,13,15-16H,5,11-12,14H2,1H3. The van der Waals surface area contributed by atoms with Crippen LogP contribution in [0.5, 0.6) is 0 Å². The Kier molecular flexibility index (Phi) is 5.96. The fraction of sp³-hybridized carbons (Fsp3) is 0.333. The summed E-state index contributed by atoms with van der Waals surface area (Å²) in [6.45, 7) is 0.608. The first-order valence-electron chi connectivity index (χ1n) is 8.96. The van der Waals surface area contributed by atoms with E-state index in [0.29, 0.717) is 18.5 Å². The molecular weight excluding hydrogens is 344 g/mol. The summed E-state index contributed by atoms with van der Waals surface area (Å²) in [5.74, 6) is -0.168. The third-order valence-electron chi connectivity index (χ3n) is 4.78. The van der Waals surface area contributed by atoms with Gasteiger partial charge in [-0.3, -0.25) is 14.6 Å². The number of rotatable bonds is 6. The molecule has 2 heterocycles. The summed E-state index contributed by atoms with van der Waals surface area (Å²) in [4.78, 5) is 40.2. The van der Waals surface area contributed by atoms with Crippen molar-refractivity contribution < 1.29 is 14.3 Å². The van der Waals surface area contributed by atoms with E-state index in [1.807, 2.05) is 6.07 Å². The monoisotopic (exact) mass is 366 g/mol. The Balaban J connectivity index is 1.63. The number of aromatic nitrogens is 2. The molecule has 1 aliphatic carbocycles. The summed E-state index contributed by atoms with van der Waals surface area (Å²) >= 11 is 0. The molecule has 1 aliphatic rings. The highest BCUT2D eigenvalue weighted by atomic mass is 16.5. The van der Waals surface area contributed by atoms with Gasteiger partial charge in [0.15, 0.2) is 5.78 Å². The maximum absolute atomic E-state index is 12.6. The second kappa shape index (κ2) is 8.58. The molecule has 0 saturated carbocycles. The lowest BCUT2D eigenvalue weighted by Crippen LogP contribution is -2.25. The van der Waals surface area contributed by atoms with Crippen LogP contribution >= 0.6 is 0 Å². The van der Waals surface area contributed by atoms with Gasteiger partial charge in [0.1, 0.15) is 5.69 Å². The van der Waals surface area contributed by atoms with Gasteiger partial charge in [0.05, 0.1) is 12.7 Å². The molecular formula is C21H22N2O4. The number of nitrogens with zero attached hydrogens (tertiary/aromatic N) is 2. The summed E-state index contributed by atoms with van der Waals surface area (Å²) in [7, 11) is 1.30. The zero-order valence-corrected chi connectivity index (χ0v) is 15.2. The Bertz CT molecular complexity index is 916. The Morgan fingerprint density at radius 1 is 1.30 bits per heavy atom. The topological polar surface area (TPSA) is 78.3 Å². The van der Waals surface area contributed by atoms with Crippen LogP contribution in [0.2, 0.25) is 0 Å². The van der Waals surface area contributed by atoms with Gasteiger partial charge in [-0.1, -0.05) is 18.2 Å². The summed E-state index contributed by atoms with van der Waals surface area (Å²) < 4.78 is 6.38. The van der Waals surface area contributed by atoms with Crippen molar-refractivity contribution >= 4 is 11.8 Å². The van der Waals surface area contributed by atoms with Gasteiger partial charge >= 0.3 is 5.97 Å². The third-order valence-corrected chi connectivity index (χ3v) is 4.78. The molecule has 0 saturated heterocycles. The average Bonchev–Trinajstić information content (AvgIpc) is 2.69. The lowest BCUT2D eigenvalue weighted by molar-refractivity contribution is 0.0600. The van der Waals surface area contributed by atoms with Crippen LogP contribution in [-0.4, -0.2) is 28.4 Å². The average molecular weight is 366 g/mol. The molecule has 0 bridgehead atoms. The number of ether oxygens (including phenoxy) is 1. The molecule has 3 rings (SSSR count). The lowest BCUT2D eigenvalue weighted by Gasteiger charge is -2.24. The van der Waals surface area contributed by atoms with Crippen LogP contribution in [0.1, 0.15) is 40.1 Å². The van der Waals surface area contributed by atoms with Gasteiger partial charge in [-0.25, -0.2) is 4.79 Å². The molecule has 2 unspecified atom stereocenters. The largest absolute Gasteiger partial charge is 0.465 e. The van der Waals surface area contributed by atoms with E-state index < -0.39 is 5.97 Å². The molecule has 0 fully saturated rings. The lowest BCUT2D eigenvalue weighted by atomic mass is 9.83. The van der Waals surface area contributed by atoms with Crippen molar-refractivity contribution in [2.24, 2.45) is 11.8 Å². The number of hydrogen-bond acceptors (Lipinski definition) is 5. The molecule has 0 amide bonds. The number of ketones is 1. The van der Waals surface area contributed by atoms with Gasteiger partial charge in [-0.15, -0.1) is 0 Å². The smallest absolute Gasteiger partial charge is 0.337 e. The van der Waals surface area contributed by atoms with Crippen LogP contribution in [0.15, 0.2) is 59.7 Å². The molecule has 0 aliphatic heterocycles. The quantitative estimate of drug-likeness (QED) is 0.446. The number of carbonyl (C=O) groups is 2. The van der Waals surface area contributed by atoms with Crippen LogP contribution in [0.25, 0.3) is 0 Å². The first-order valence-corrected chi connectivity index (χ1v) is 8.96. The molecule has 27 heavy (non-hydrogen) atoms. The highest BCUT2D eigenvalue weighted by Gasteiger charge is 2.22. The predicted octanol–water partition coefficient (Wildman–Crippen LogP) is 2.89. The molecule has 2 aromatic rings. The molecule has 0 radical (unpaired) electrons. The number of esters is 1. The minimum Gasteiger partial charge on any atom is -0.465 e. The zero-order chi connectivity index (χ0) is 19.2. The summed E-state index contributed by atoms with van der Waals surface area (Å²) in [6, 6.07) is 8.13. The Morgan fingerprint density at radius 3 is 2.93 bits per heavy atom. The zero-order valence-electron chi connectivity index (χ0n) is 15.2. The van der Waals surface area contributed by atoms with Crippen molar-refractivity contribution in [2.75, 3.05) is 7.11 Å². The van der Waals surface area contributed by atoms with Gasteiger partial charge < -0.3 is 9.30 Å². The summed E-state index contributed by atoms with van der Waals surface area (Å²) in [6.07, 6.45) is 9.46. The number of carbonyl (C=O) groups excluding carboxylic acids is 2. The van der Waals surface area contributed by atoms with Crippen LogP contribution in [0.4, 0.5) is 0 Å². The van der Waals surface area contributed by atoms with Gasteiger partial charge in [-0.2, -0.15) is 0 Å². The van der Waals surface area contributed by atoms with Gasteiger partial charge in [0.2, 0.25) is 0 Å². The molecule has 2 atom stereocenters. The number of hydrogen-bond donors (Lipinski definition) is 0. The highest BCUT2D eigenvalue weighted by Crippen LogP contribution is 2.28. The van der Waals surface area contributed by atoms with Crippen LogP contribution in [0, 0.1) is 11.8 Å². The van der Waals surface area contributed by atoms with Crippen molar-refractivity contribution in [3.8, 4) is 0 Å². The first kappa shape index (κ1) is 18.8. The summed E-state index contributed by atoms with van der Waals surface area (Å²) in [5.41, 5.74) is 0.580. The van der Waals surface area contributed by atoms with E-state index in [-0.39, 0.29) is 28.9 Å². The van der Waals surface area contributed by atoms with E-state index in [2.05, 4.69) is 21.9 Å². The van der Waals surface area contributed by atoms with Crippen LogP contribution in [-0.2, 0) is 11.3 Å². The van der Waals surface area contributed by atoms with Gasteiger partial charge in [-0.05, 0) is 42.9 Å². The van der Waals surface area contributed by atoms with E-state index >= 15 is 0 Å². The second-order valence-corrected chi connectivity index (χ2v) is 6.77. The highest BCUT2D eigenvalue weighted by molar-refractivity contribution is 5.97. The SMILES string of the molecule is COC(=O)c1ccnc(C(=O)CC2CC=CC(Cn3ccccc3=O)C2)c1. The number of Topliss-reactive ketones (excluding diaryl/α,β-unsaturated/α-hetero) is 1. The Labute approximate surface area is 157 Å². The predicted molar refractivity (Wildman–Crippen MR) is 101 cm³/mol. The van der Waals surface area contributed by atoms with E-state index in [4.69, 9.17) is 0 Å². The van der Waals surface area contributed by atoms with Crippen LogP contribution < -0.4 is 5.56 Å². The van der Waals surface area contributed by atoms with E-state index in [9.17, 15) is 14.4 Å². The third kappa shape index (κ3) is 4.78. The van der Waals surface area contributed by atoms with Crippen molar-refractivity contribution in [3.05, 3.63) is 76.5 Å². The molecule has 0 aromatic carbocycles. The Morgan fingerprint density at radius 2 is 2.15 bits per heavy atom. The Hall–Kier alpha value is -3.02. The van der Waals surface area contributed by atoms with Crippen LogP contribution in [0.3, 0.4) is 0 Å². The molecule has 140 valence electrons. The van der Waals surface area contributed by atoms with Gasteiger partial charge in [0, 0.05) is 31.4 Å². The number of methoxy groups -OCH3 is 1. The molecule has 6 nitrogen and oxygen atoms in total. The fourth-order valence-corrected chi connectivity index (χ4v) is 3.43. The number of allylic oxidation sites excluding steroid dienone is 2. The maximum atomic E-state index is 12.6. The van der Waals surface area contributed by atoms with Gasteiger partial charge in [0.25, 0.3) is 5.56 Å². The van der Waals surface area contributed by atoms with Crippen molar-refractivity contribution in [3.63, 3.8) is 0 Å². The molecule has 2 aromatic heterocycles. The normalized spacial score (nSPS) is 18.9. The van der Waals surface area contributed by atoms with E-state index in [0.717, 1.165) is 12.8 Å². The van der Waals surface area contributed by atoms with Crippen molar-refractivity contribution in [1.29, 1.82) is 0 Å². The van der Waals surface area contributed by atoms with E-state index in [1.54, 1.807) is 22.9 Å². The number of pyridine rings is 2. The summed E-state index contributed by atoms with van der Waals surface area (Å²) in [5, 5.41) is 0. The maximum Gasteiger partial charge on any atom is 0.337 e. The van der Waals surface area contributed by atoms with Crippen molar-refractivity contribution in [1.82, 2.24) is 9.55 Å². The molecule has 0 spiro atoms. The molecule has 0 N–H and O–H groups in total. The minimum atomic E-state index is -0.486. The van der Waals surface area contributed by atoms with Crippen molar-refractivity contribution in [2.45, 2.75) is 25.8 Å². The van der Waals surface area contributed by atoms with E-state index in [1.165, 1.54) is 25.4 Å². The second-order valence-electron chi connectivity index (χ2n) is 6.77. The fourth-order valence-electron chi connectivity index (χ4n) is 3.43. The minimum absolute atomic E-state index is 0.0204. The first-order chi connectivity index (χ1) is 13.1. The molecule has 6 heteroatoms.